The molecule has 0 bridgehead atoms. The monoisotopic (exact) mass is 375 g/mol. The summed E-state index contributed by atoms with van der Waals surface area (Å²) >= 11 is 0. The highest BCUT2D eigenvalue weighted by Gasteiger charge is 2.29. The highest BCUT2D eigenvalue weighted by atomic mass is 16.6. The molecular weight excluding hydrogens is 346 g/mol. The Kier molecular flexibility index (Phi) is 7.70. The number of carbonyl (C=O) groups is 2. The molecule has 1 amide bonds. The van der Waals surface area contributed by atoms with Crippen molar-refractivity contribution in [2.45, 2.75) is 52.1 Å². The molecule has 1 heterocycles. The summed E-state index contributed by atoms with van der Waals surface area (Å²) in [7, 11) is 1.54. The molecule has 0 aliphatic carbocycles. The van der Waals surface area contributed by atoms with Crippen LogP contribution in [0.5, 0.6) is 11.5 Å². The van der Waals surface area contributed by atoms with Gasteiger partial charge in [0.15, 0.2) is 24.7 Å². The van der Waals surface area contributed by atoms with Gasteiger partial charge in [-0.05, 0) is 57.7 Å². The van der Waals surface area contributed by atoms with Crippen molar-refractivity contribution in [2.24, 2.45) is 0 Å². The van der Waals surface area contributed by atoms with Crippen LogP contribution in [0.4, 0.5) is 0 Å². The molecule has 0 radical (unpaired) electrons. The molecule has 2 atom stereocenters. The highest BCUT2D eigenvalue weighted by molar-refractivity contribution is 5.81. The Hall–Kier alpha value is -2.50. The number of ether oxygens (including phenoxy) is 3. The van der Waals surface area contributed by atoms with E-state index in [0.717, 1.165) is 24.8 Å². The summed E-state index contributed by atoms with van der Waals surface area (Å²) in [4.78, 5) is 26.2. The van der Waals surface area contributed by atoms with Crippen LogP contribution in [-0.4, -0.2) is 49.2 Å². The molecule has 148 valence electrons. The number of nitrogens with zero attached hydrogens (tertiary/aromatic N) is 1. The molecule has 0 spiro atoms. The fourth-order valence-electron chi connectivity index (χ4n) is 3.41. The predicted molar refractivity (Wildman–Crippen MR) is 104 cm³/mol. The van der Waals surface area contributed by atoms with E-state index < -0.39 is 5.97 Å². The molecule has 2 rings (SSSR count). The molecule has 1 aromatic rings. The van der Waals surface area contributed by atoms with Crippen LogP contribution < -0.4 is 9.47 Å². The van der Waals surface area contributed by atoms with Crippen LogP contribution >= 0.6 is 0 Å². The first kappa shape index (κ1) is 20.8. The zero-order chi connectivity index (χ0) is 19.8. The first-order valence-electron chi connectivity index (χ1n) is 9.36. The molecule has 1 fully saturated rings. The molecule has 0 unspecified atom stereocenters. The fourth-order valence-corrected chi connectivity index (χ4v) is 3.41. The highest BCUT2D eigenvalue weighted by Crippen LogP contribution is 2.28. The lowest BCUT2D eigenvalue weighted by atomic mass is 9.97. The number of hydrogen-bond acceptors (Lipinski definition) is 5. The average Bonchev–Trinajstić information content (AvgIpc) is 2.65. The number of hydrogen-bond donors (Lipinski definition) is 0. The maximum absolute atomic E-state index is 12.4. The van der Waals surface area contributed by atoms with Crippen molar-refractivity contribution in [1.29, 1.82) is 0 Å². The van der Waals surface area contributed by atoms with Gasteiger partial charge in [-0.2, -0.15) is 0 Å². The molecule has 1 aliphatic rings. The van der Waals surface area contributed by atoms with Gasteiger partial charge in [-0.1, -0.05) is 18.2 Å². The van der Waals surface area contributed by atoms with E-state index >= 15 is 0 Å². The molecule has 6 nitrogen and oxygen atoms in total. The smallest absolute Gasteiger partial charge is 0.344 e. The van der Waals surface area contributed by atoms with E-state index in [1.165, 1.54) is 0 Å². The van der Waals surface area contributed by atoms with Gasteiger partial charge in [0.25, 0.3) is 5.91 Å². The SMILES string of the molecule is C/C=C/c1ccc(OCC(=O)OCC(=O)N2[C@H](C)CCC[C@H]2C)c(OC)c1. The third-order valence-electron chi connectivity index (χ3n) is 4.73. The van der Waals surface area contributed by atoms with Crippen LogP contribution in [0, 0.1) is 0 Å². The van der Waals surface area contributed by atoms with Gasteiger partial charge >= 0.3 is 5.97 Å². The minimum absolute atomic E-state index is 0.156. The summed E-state index contributed by atoms with van der Waals surface area (Å²) in [5.74, 6) is 0.245. The van der Waals surface area contributed by atoms with Gasteiger partial charge in [0.1, 0.15) is 0 Å². The van der Waals surface area contributed by atoms with Crippen LogP contribution in [0.1, 0.15) is 45.6 Å². The number of esters is 1. The van der Waals surface area contributed by atoms with Crippen molar-refractivity contribution in [2.75, 3.05) is 20.3 Å². The Morgan fingerprint density at radius 3 is 2.48 bits per heavy atom. The maximum atomic E-state index is 12.4. The summed E-state index contributed by atoms with van der Waals surface area (Å²) in [6.45, 7) is 5.45. The van der Waals surface area contributed by atoms with Crippen molar-refractivity contribution in [3.63, 3.8) is 0 Å². The van der Waals surface area contributed by atoms with Gasteiger partial charge in [-0.3, -0.25) is 4.79 Å². The first-order chi connectivity index (χ1) is 13.0. The van der Waals surface area contributed by atoms with Crippen molar-refractivity contribution in [3.8, 4) is 11.5 Å². The second kappa shape index (κ2) is 10.00. The number of allylic oxidation sites excluding steroid dienone is 1. The maximum Gasteiger partial charge on any atom is 0.344 e. The van der Waals surface area contributed by atoms with Crippen LogP contribution in [-0.2, 0) is 14.3 Å². The van der Waals surface area contributed by atoms with E-state index in [2.05, 4.69) is 0 Å². The minimum atomic E-state index is -0.583. The van der Waals surface area contributed by atoms with Crippen molar-refractivity contribution in [3.05, 3.63) is 29.8 Å². The lowest BCUT2D eigenvalue weighted by Crippen LogP contribution is -2.49. The van der Waals surface area contributed by atoms with Crippen molar-refractivity contribution >= 4 is 18.0 Å². The van der Waals surface area contributed by atoms with E-state index in [4.69, 9.17) is 14.2 Å². The normalized spacial score (nSPS) is 19.8. The Balaban J connectivity index is 1.85. The van der Waals surface area contributed by atoms with Crippen LogP contribution in [0.2, 0.25) is 0 Å². The van der Waals surface area contributed by atoms with Gasteiger partial charge in [0.2, 0.25) is 0 Å². The largest absolute Gasteiger partial charge is 0.493 e. The number of methoxy groups -OCH3 is 1. The van der Waals surface area contributed by atoms with Crippen molar-refractivity contribution < 1.29 is 23.8 Å². The minimum Gasteiger partial charge on any atom is -0.493 e. The third-order valence-corrected chi connectivity index (χ3v) is 4.73. The van der Waals surface area contributed by atoms with E-state index in [-0.39, 0.29) is 31.2 Å². The van der Waals surface area contributed by atoms with Crippen LogP contribution in [0.25, 0.3) is 6.08 Å². The first-order valence-corrected chi connectivity index (χ1v) is 9.36. The molecule has 6 heteroatoms. The molecular formula is C21H29NO5. The molecule has 0 saturated carbocycles. The summed E-state index contributed by atoms with van der Waals surface area (Å²) in [5, 5.41) is 0. The second-order valence-corrected chi connectivity index (χ2v) is 6.79. The number of piperidine rings is 1. The van der Waals surface area contributed by atoms with Crippen LogP contribution in [0.15, 0.2) is 24.3 Å². The number of carbonyl (C=O) groups excluding carboxylic acids is 2. The predicted octanol–water partition coefficient (Wildman–Crippen LogP) is 3.44. The Morgan fingerprint density at radius 1 is 1.15 bits per heavy atom. The van der Waals surface area contributed by atoms with Crippen molar-refractivity contribution in [1.82, 2.24) is 4.90 Å². The molecule has 1 aromatic carbocycles. The summed E-state index contributed by atoms with van der Waals surface area (Å²) in [6, 6.07) is 5.78. The Labute approximate surface area is 161 Å². The molecule has 0 aromatic heterocycles. The molecule has 0 N–H and O–H groups in total. The number of benzene rings is 1. The van der Waals surface area contributed by atoms with E-state index in [1.807, 2.05) is 50.0 Å². The van der Waals surface area contributed by atoms with Gasteiger partial charge < -0.3 is 19.1 Å². The van der Waals surface area contributed by atoms with Gasteiger partial charge in [-0.15, -0.1) is 0 Å². The number of rotatable bonds is 7. The molecule has 1 saturated heterocycles. The van der Waals surface area contributed by atoms with Crippen LogP contribution in [0.3, 0.4) is 0 Å². The third kappa shape index (κ3) is 5.74. The van der Waals surface area contributed by atoms with Gasteiger partial charge in [0.05, 0.1) is 7.11 Å². The zero-order valence-corrected chi connectivity index (χ0v) is 16.6. The summed E-state index contributed by atoms with van der Waals surface area (Å²) < 4.78 is 15.9. The van der Waals surface area contributed by atoms with E-state index in [0.29, 0.717) is 11.5 Å². The second-order valence-electron chi connectivity index (χ2n) is 6.79. The zero-order valence-electron chi connectivity index (χ0n) is 16.6. The number of amides is 1. The van der Waals surface area contributed by atoms with E-state index in [9.17, 15) is 9.59 Å². The number of likely N-dealkylation sites (tertiary alicyclic amines) is 1. The quantitative estimate of drug-likeness (QED) is 0.683. The molecule has 1 aliphatic heterocycles. The lowest BCUT2D eigenvalue weighted by Gasteiger charge is -2.38. The Morgan fingerprint density at radius 2 is 1.85 bits per heavy atom. The standard InChI is InChI=1S/C21H29NO5/c1-5-7-17-10-11-18(19(12-17)25-4)26-14-21(24)27-13-20(23)22-15(2)8-6-9-16(22)3/h5,7,10-12,15-16H,6,8-9,13-14H2,1-4H3/b7-5+/t15-,16-/m1/s1. The summed E-state index contributed by atoms with van der Waals surface area (Å²) in [6.07, 6.45) is 6.95. The topological polar surface area (TPSA) is 65.1 Å². The van der Waals surface area contributed by atoms with E-state index in [1.54, 1.807) is 13.2 Å². The molecule has 27 heavy (non-hydrogen) atoms. The average molecular weight is 375 g/mol. The van der Waals surface area contributed by atoms with Gasteiger partial charge in [-0.25, -0.2) is 4.79 Å². The summed E-state index contributed by atoms with van der Waals surface area (Å²) in [5.41, 5.74) is 0.972. The Bertz CT molecular complexity index is 675. The van der Waals surface area contributed by atoms with Gasteiger partial charge in [0, 0.05) is 12.1 Å². The fraction of sp³-hybridized carbons (Fsp3) is 0.524. The lowest BCUT2D eigenvalue weighted by molar-refractivity contribution is -0.156.